The lowest BCUT2D eigenvalue weighted by molar-refractivity contribution is -0.116. The van der Waals surface area contributed by atoms with Crippen molar-refractivity contribution in [2.24, 2.45) is 5.73 Å². The van der Waals surface area contributed by atoms with Crippen LogP contribution in [0, 0.1) is 6.92 Å². The minimum absolute atomic E-state index is 0.0985. The Balaban J connectivity index is 1.99. The topological polar surface area (TPSA) is 70.9 Å². The molecule has 4 heteroatoms. The zero-order valence-corrected chi connectivity index (χ0v) is 10.9. The Labute approximate surface area is 112 Å². The van der Waals surface area contributed by atoms with Gasteiger partial charge in [-0.25, -0.2) is 0 Å². The van der Waals surface area contributed by atoms with E-state index in [1.807, 2.05) is 19.1 Å². The van der Waals surface area contributed by atoms with Gasteiger partial charge in [0.15, 0.2) is 0 Å². The summed E-state index contributed by atoms with van der Waals surface area (Å²) in [7, 11) is 0. The molecule has 1 aromatic heterocycles. The molecule has 1 aliphatic heterocycles. The molecule has 4 N–H and O–H groups in total. The van der Waals surface area contributed by atoms with Crippen LogP contribution in [0.15, 0.2) is 24.3 Å². The van der Waals surface area contributed by atoms with Crippen LogP contribution in [0.1, 0.15) is 23.2 Å². The fraction of sp³-hybridized carbons (Fsp3) is 0.267. The van der Waals surface area contributed by atoms with Gasteiger partial charge in [-0.2, -0.15) is 0 Å². The summed E-state index contributed by atoms with van der Waals surface area (Å²) in [4.78, 5) is 14.7. The van der Waals surface area contributed by atoms with Crippen LogP contribution in [0.25, 0.3) is 11.3 Å². The first-order valence-corrected chi connectivity index (χ1v) is 6.49. The van der Waals surface area contributed by atoms with E-state index in [1.54, 1.807) is 0 Å². The van der Waals surface area contributed by atoms with Gasteiger partial charge in [0.25, 0.3) is 0 Å². The lowest BCUT2D eigenvalue weighted by Crippen LogP contribution is -2.18. The van der Waals surface area contributed by atoms with Crippen LogP contribution in [-0.4, -0.2) is 10.9 Å². The maximum absolute atomic E-state index is 11.3. The van der Waals surface area contributed by atoms with Crippen LogP contribution in [0.2, 0.25) is 0 Å². The summed E-state index contributed by atoms with van der Waals surface area (Å²) in [5, 5.41) is 2.90. The number of nitrogens with one attached hydrogen (secondary N) is 2. The number of carbonyl (C=O) groups is 1. The van der Waals surface area contributed by atoms with Gasteiger partial charge in [0, 0.05) is 30.0 Å². The number of H-pyrrole nitrogens is 1. The summed E-state index contributed by atoms with van der Waals surface area (Å²) in [5.41, 5.74) is 12.3. The number of aryl methyl sites for hydroxylation is 2. The second-order valence-corrected chi connectivity index (χ2v) is 4.96. The molecule has 19 heavy (non-hydrogen) atoms. The first-order valence-electron chi connectivity index (χ1n) is 6.49. The van der Waals surface area contributed by atoms with Crippen molar-refractivity contribution < 1.29 is 4.79 Å². The average Bonchev–Trinajstić information content (AvgIpc) is 2.79. The Morgan fingerprint density at radius 1 is 1.26 bits per heavy atom. The molecule has 4 nitrogen and oxygen atoms in total. The molecule has 0 unspecified atom stereocenters. The molecule has 2 aromatic rings. The van der Waals surface area contributed by atoms with Crippen molar-refractivity contribution in [3.05, 3.63) is 41.1 Å². The molecule has 3 rings (SSSR count). The van der Waals surface area contributed by atoms with E-state index in [0.717, 1.165) is 34.6 Å². The maximum Gasteiger partial charge on any atom is 0.224 e. The van der Waals surface area contributed by atoms with E-state index in [2.05, 4.69) is 22.4 Å². The number of amides is 1. The van der Waals surface area contributed by atoms with E-state index < -0.39 is 0 Å². The Morgan fingerprint density at radius 3 is 2.84 bits per heavy atom. The molecule has 0 bridgehead atoms. The SMILES string of the molecule is Cc1[nH]c(-c2ccc3c(c2)CCC(=O)N3)cc1CN. The molecule has 2 heterocycles. The minimum Gasteiger partial charge on any atom is -0.358 e. The number of carbonyl (C=O) groups excluding carboxylic acids is 1. The maximum atomic E-state index is 11.3. The van der Waals surface area contributed by atoms with Crippen LogP contribution in [0.4, 0.5) is 5.69 Å². The molecule has 0 aliphatic carbocycles. The van der Waals surface area contributed by atoms with Gasteiger partial charge in [-0.3, -0.25) is 4.79 Å². The third-order valence-electron chi connectivity index (χ3n) is 3.65. The van der Waals surface area contributed by atoms with Crippen LogP contribution in [0.5, 0.6) is 0 Å². The largest absolute Gasteiger partial charge is 0.358 e. The molecule has 0 spiro atoms. The average molecular weight is 255 g/mol. The zero-order valence-electron chi connectivity index (χ0n) is 10.9. The van der Waals surface area contributed by atoms with Crippen molar-refractivity contribution in [3.63, 3.8) is 0 Å². The van der Waals surface area contributed by atoms with Gasteiger partial charge in [0.1, 0.15) is 0 Å². The molecule has 0 fully saturated rings. The number of rotatable bonds is 2. The van der Waals surface area contributed by atoms with Gasteiger partial charge >= 0.3 is 0 Å². The monoisotopic (exact) mass is 255 g/mol. The Bertz CT molecular complexity index is 643. The second-order valence-electron chi connectivity index (χ2n) is 4.96. The second kappa shape index (κ2) is 4.55. The number of anilines is 1. The highest BCUT2D eigenvalue weighted by Gasteiger charge is 2.15. The molecule has 1 aromatic carbocycles. The lowest BCUT2D eigenvalue weighted by Gasteiger charge is -2.17. The van der Waals surface area contributed by atoms with E-state index >= 15 is 0 Å². The van der Waals surface area contributed by atoms with Gasteiger partial charge in [-0.05, 0) is 48.2 Å². The third kappa shape index (κ3) is 2.15. The van der Waals surface area contributed by atoms with Crippen molar-refractivity contribution in [2.75, 3.05) is 5.32 Å². The summed E-state index contributed by atoms with van der Waals surface area (Å²) in [6, 6.07) is 8.23. The van der Waals surface area contributed by atoms with Crippen molar-refractivity contribution >= 4 is 11.6 Å². The normalized spacial score (nSPS) is 14.1. The first kappa shape index (κ1) is 12.0. The highest BCUT2D eigenvalue weighted by Crippen LogP contribution is 2.29. The van der Waals surface area contributed by atoms with Crippen molar-refractivity contribution in [2.45, 2.75) is 26.3 Å². The summed E-state index contributed by atoms with van der Waals surface area (Å²) in [5.74, 6) is 0.0985. The standard InChI is InChI=1S/C15H17N3O/c1-9-12(8-16)7-14(17-9)11-2-4-13-10(6-11)3-5-15(19)18-13/h2,4,6-7,17H,3,5,8,16H2,1H3,(H,18,19). The van der Waals surface area contributed by atoms with Gasteiger partial charge < -0.3 is 16.0 Å². The van der Waals surface area contributed by atoms with Gasteiger partial charge in [0.2, 0.25) is 5.91 Å². The first-order chi connectivity index (χ1) is 9.17. The highest BCUT2D eigenvalue weighted by atomic mass is 16.1. The van der Waals surface area contributed by atoms with E-state index in [-0.39, 0.29) is 5.91 Å². The highest BCUT2D eigenvalue weighted by molar-refractivity contribution is 5.94. The molecular formula is C15H17N3O. The number of nitrogens with two attached hydrogens (primary N) is 1. The number of aromatic nitrogens is 1. The Kier molecular flexibility index (Phi) is 2.87. The number of aromatic amines is 1. The van der Waals surface area contributed by atoms with E-state index in [4.69, 9.17) is 5.73 Å². The van der Waals surface area contributed by atoms with E-state index in [9.17, 15) is 4.79 Å². The molecule has 0 saturated heterocycles. The van der Waals surface area contributed by atoms with E-state index in [0.29, 0.717) is 13.0 Å². The summed E-state index contributed by atoms with van der Waals surface area (Å²) >= 11 is 0. The molecule has 1 aliphatic rings. The van der Waals surface area contributed by atoms with Crippen LogP contribution in [-0.2, 0) is 17.8 Å². The molecule has 1 amide bonds. The number of fused-ring (bicyclic) bond motifs is 1. The summed E-state index contributed by atoms with van der Waals surface area (Å²) in [6.45, 7) is 2.58. The molecular weight excluding hydrogens is 238 g/mol. The number of hydrogen-bond acceptors (Lipinski definition) is 2. The zero-order chi connectivity index (χ0) is 13.4. The van der Waals surface area contributed by atoms with Crippen molar-refractivity contribution in [1.29, 1.82) is 0 Å². The lowest BCUT2D eigenvalue weighted by atomic mass is 9.99. The molecule has 0 saturated carbocycles. The van der Waals surface area contributed by atoms with Crippen molar-refractivity contribution in [3.8, 4) is 11.3 Å². The predicted octanol–water partition coefficient (Wildman–Crippen LogP) is 2.33. The Hall–Kier alpha value is -2.07. The predicted molar refractivity (Wildman–Crippen MR) is 75.8 cm³/mol. The quantitative estimate of drug-likeness (QED) is 0.770. The smallest absolute Gasteiger partial charge is 0.224 e. The van der Waals surface area contributed by atoms with Crippen LogP contribution < -0.4 is 11.1 Å². The fourth-order valence-corrected chi connectivity index (χ4v) is 2.52. The summed E-state index contributed by atoms with van der Waals surface area (Å²) < 4.78 is 0. The molecule has 98 valence electrons. The van der Waals surface area contributed by atoms with Crippen LogP contribution >= 0.6 is 0 Å². The van der Waals surface area contributed by atoms with Crippen LogP contribution in [0.3, 0.4) is 0 Å². The molecule has 0 atom stereocenters. The molecule has 0 radical (unpaired) electrons. The summed E-state index contributed by atoms with van der Waals surface area (Å²) in [6.07, 6.45) is 1.37. The number of hydrogen-bond donors (Lipinski definition) is 3. The Morgan fingerprint density at radius 2 is 2.11 bits per heavy atom. The van der Waals surface area contributed by atoms with Gasteiger partial charge in [-0.1, -0.05) is 6.07 Å². The fourth-order valence-electron chi connectivity index (χ4n) is 2.52. The number of benzene rings is 1. The third-order valence-corrected chi connectivity index (χ3v) is 3.65. The van der Waals surface area contributed by atoms with Gasteiger partial charge in [-0.15, -0.1) is 0 Å². The van der Waals surface area contributed by atoms with Gasteiger partial charge in [0.05, 0.1) is 0 Å². The van der Waals surface area contributed by atoms with E-state index in [1.165, 1.54) is 5.56 Å². The minimum atomic E-state index is 0.0985. The van der Waals surface area contributed by atoms with Crippen molar-refractivity contribution in [1.82, 2.24) is 4.98 Å².